The van der Waals surface area contributed by atoms with E-state index in [1.807, 2.05) is 6.07 Å². The van der Waals surface area contributed by atoms with Gasteiger partial charge >= 0.3 is 6.18 Å². The Balaban J connectivity index is 1.56. The summed E-state index contributed by atoms with van der Waals surface area (Å²) >= 11 is 0. The van der Waals surface area contributed by atoms with Crippen molar-refractivity contribution in [1.82, 2.24) is 15.0 Å². The lowest BCUT2D eigenvalue weighted by Crippen LogP contribution is -2.51. The topological polar surface area (TPSA) is 72.4 Å². The van der Waals surface area contributed by atoms with Crippen LogP contribution in [0.15, 0.2) is 30.5 Å². The lowest BCUT2D eigenvalue weighted by Gasteiger charge is -2.39. The standard InChI is InChI=1S/C23H24F3N5O2/c1-13-16-5-3-6-18(23(24,25)26)20(16)33-8-4-7-19-29-21-17(22(28-13)30-19)9-14(10-27-21)31-11-15(12-31)32-2/h3,5-6,9-10,13,15H,4,7-8,11-12H2,1-2H3,(H,27,28,29,30)/t13-/m1/s1. The van der Waals surface area contributed by atoms with Gasteiger partial charge in [0.2, 0.25) is 0 Å². The smallest absolute Gasteiger partial charge is 0.419 e. The summed E-state index contributed by atoms with van der Waals surface area (Å²) in [5.41, 5.74) is 1.13. The number of benzene rings is 1. The van der Waals surface area contributed by atoms with Gasteiger partial charge in [-0.05, 0) is 25.5 Å². The SMILES string of the molecule is COC1CN(c2cnc3nc4nc(c3c2)N[C@H](C)c2cccc(C(F)(F)F)c2OCCC4)C1. The van der Waals surface area contributed by atoms with Crippen LogP contribution in [0.5, 0.6) is 5.75 Å². The van der Waals surface area contributed by atoms with Crippen molar-refractivity contribution in [3.8, 4) is 5.75 Å². The van der Waals surface area contributed by atoms with Gasteiger partial charge in [-0.3, -0.25) is 0 Å². The zero-order valence-corrected chi connectivity index (χ0v) is 18.3. The van der Waals surface area contributed by atoms with Crippen LogP contribution in [0.1, 0.15) is 36.3 Å². The number of aryl methyl sites for hydroxylation is 1. The van der Waals surface area contributed by atoms with Gasteiger partial charge in [-0.2, -0.15) is 13.2 Å². The molecular weight excluding hydrogens is 435 g/mol. The van der Waals surface area contributed by atoms with E-state index in [0.29, 0.717) is 35.7 Å². The Hall–Kier alpha value is -3.14. The highest BCUT2D eigenvalue weighted by atomic mass is 19.4. The van der Waals surface area contributed by atoms with Crippen LogP contribution in [-0.2, 0) is 17.3 Å². The molecule has 174 valence electrons. The van der Waals surface area contributed by atoms with Crippen LogP contribution in [0.3, 0.4) is 0 Å². The summed E-state index contributed by atoms with van der Waals surface area (Å²) in [6.45, 7) is 3.47. The first-order chi connectivity index (χ1) is 15.8. The number of anilines is 2. The van der Waals surface area contributed by atoms with Crippen molar-refractivity contribution in [2.75, 3.05) is 37.0 Å². The molecule has 0 spiro atoms. The van der Waals surface area contributed by atoms with Gasteiger partial charge in [0.15, 0.2) is 5.65 Å². The highest BCUT2D eigenvalue weighted by molar-refractivity contribution is 5.89. The molecule has 4 heterocycles. The summed E-state index contributed by atoms with van der Waals surface area (Å²) in [5.74, 6) is 0.986. The minimum absolute atomic E-state index is 0.130. The molecule has 3 aromatic rings. The van der Waals surface area contributed by atoms with Gasteiger partial charge in [-0.25, -0.2) is 15.0 Å². The molecule has 1 fully saturated rings. The molecule has 1 atom stereocenters. The Morgan fingerprint density at radius 2 is 2.03 bits per heavy atom. The first-order valence-electron chi connectivity index (χ1n) is 10.9. The second-order valence-corrected chi connectivity index (χ2v) is 8.36. The summed E-state index contributed by atoms with van der Waals surface area (Å²) < 4.78 is 52.0. The van der Waals surface area contributed by atoms with E-state index in [4.69, 9.17) is 14.5 Å². The van der Waals surface area contributed by atoms with E-state index in [-0.39, 0.29) is 18.5 Å². The molecule has 5 rings (SSSR count). The van der Waals surface area contributed by atoms with Crippen molar-refractivity contribution in [2.24, 2.45) is 0 Å². The molecule has 0 radical (unpaired) electrons. The molecular formula is C23H24F3N5O2. The third-order valence-corrected chi connectivity index (χ3v) is 6.09. The lowest BCUT2D eigenvalue weighted by atomic mass is 10.0. The number of halogens is 3. The van der Waals surface area contributed by atoms with E-state index in [2.05, 4.69) is 20.2 Å². The molecule has 0 amide bonds. The molecule has 1 saturated heterocycles. The number of methoxy groups -OCH3 is 1. The highest BCUT2D eigenvalue weighted by Crippen LogP contribution is 2.41. The number of fused-ring (bicyclic) bond motifs is 5. The van der Waals surface area contributed by atoms with Gasteiger partial charge in [-0.15, -0.1) is 0 Å². The molecule has 2 aromatic heterocycles. The maximum Gasteiger partial charge on any atom is 0.419 e. The van der Waals surface area contributed by atoms with Crippen LogP contribution in [0, 0.1) is 0 Å². The summed E-state index contributed by atoms with van der Waals surface area (Å²) in [7, 11) is 1.69. The number of hydrogen-bond donors (Lipinski definition) is 1. The molecule has 33 heavy (non-hydrogen) atoms. The summed E-state index contributed by atoms with van der Waals surface area (Å²) in [4.78, 5) is 16.0. The van der Waals surface area contributed by atoms with Crippen molar-refractivity contribution < 1.29 is 22.6 Å². The van der Waals surface area contributed by atoms with E-state index in [9.17, 15) is 13.2 Å². The van der Waals surface area contributed by atoms with E-state index >= 15 is 0 Å². The Kier molecular flexibility index (Phi) is 5.48. The van der Waals surface area contributed by atoms with Crippen molar-refractivity contribution in [2.45, 2.75) is 38.1 Å². The first kappa shape index (κ1) is 21.7. The second-order valence-electron chi connectivity index (χ2n) is 8.36. The third kappa shape index (κ3) is 4.15. The zero-order chi connectivity index (χ0) is 23.2. The summed E-state index contributed by atoms with van der Waals surface area (Å²) in [5, 5.41) is 4.02. The normalized spacial score (nSPS) is 19.2. The van der Waals surface area contributed by atoms with Crippen LogP contribution in [0.2, 0.25) is 0 Å². The predicted molar refractivity (Wildman–Crippen MR) is 118 cm³/mol. The van der Waals surface area contributed by atoms with Crippen LogP contribution < -0.4 is 15.0 Å². The Labute approximate surface area is 189 Å². The number of pyridine rings is 1. The van der Waals surface area contributed by atoms with Gasteiger partial charge < -0.3 is 19.7 Å². The molecule has 0 aliphatic carbocycles. The predicted octanol–water partition coefficient (Wildman–Crippen LogP) is 4.38. The van der Waals surface area contributed by atoms with Crippen molar-refractivity contribution in [3.05, 3.63) is 47.4 Å². The van der Waals surface area contributed by atoms with Gasteiger partial charge in [0.1, 0.15) is 17.4 Å². The van der Waals surface area contributed by atoms with Gasteiger partial charge in [0, 0.05) is 32.2 Å². The summed E-state index contributed by atoms with van der Waals surface area (Å²) in [6, 6.07) is 5.59. The minimum Gasteiger partial charge on any atom is -0.493 e. The number of nitrogens with zero attached hydrogens (tertiary/aromatic N) is 4. The fraction of sp³-hybridized carbons (Fsp3) is 0.435. The fourth-order valence-corrected chi connectivity index (χ4v) is 4.21. The van der Waals surface area contributed by atoms with Gasteiger partial charge in [0.05, 0.1) is 41.6 Å². The highest BCUT2D eigenvalue weighted by Gasteiger charge is 2.36. The Morgan fingerprint density at radius 1 is 1.21 bits per heavy atom. The number of alkyl halides is 3. The molecule has 2 aliphatic heterocycles. The van der Waals surface area contributed by atoms with Gasteiger partial charge in [0.25, 0.3) is 0 Å². The quantitative estimate of drug-likeness (QED) is 0.610. The molecule has 1 aromatic carbocycles. The lowest BCUT2D eigenvalue weighted by molar-refractivity contribution is -0.139. The van der Waals surface area contributed by atoms with Crippen LogP contribution in [0.4, 0.5) is 24.7 Å². The number of ether oxygens (including phenoxy) is 2. The van der Waals surface area contributed by atoms with Crippen molar-refractivity contribution in [1.29, 1.82) is 0 Å². The van der Waals surface area contributed by atoms with E-state index in [0.717, 1.165) is 30.2 Å². The zero-order valence-electron chi connectivity index (χ0n) is 18.3. The maximum absolute atomic E-state index is 13.7. The fourth-order valence-electron chi connectivity index (χ4n) is 4.21. The maximum atomic E-state index is 13.7. The monoisotopic (exact) mass is 459 g/mol. The van der Waals surface area contributed by atoms with E-state index < -0.39 is 17.8 Å². The van der Waals surface area contributed by atoms with Crippen molar-refractivity contribution >= 4 is 22.5 Å². The van der Waals surface area contributed by atoms with Crippen LogP contribution in [0.25, 0.3) is 11.0 Å². The Bertz CT molecular complexity index is 1180. The van der Waals surface area contributed by atoms with Crippen LogP contribution >= 0.6 is 0 Å². The van der Waals surface area contributed by atoms with E-state index in [1.54, 1.807) is 26.3 Å². The third-order valence-electron chi connectivity index (χ3n) is 6.09. The molecule has 2 bridgehead atoms. The largest absolute Gasteiger partial charge is 0.493 e. The van der Waals surface area contributed by atoms with Crippen LogP contribution in [-0.4, -0.2) is 47.9 Å². The number of hydrogen-bond acceptors (Lipinski definition) is 7. The summed E-state index contributed by atoms with van der Waals surface area (Å²) in [6.07, 6.45) is -1.59. The molecule has 10 heteroatoms. The Morgan fingerprint density at radius 3 is 2.79 bits per heavy atom. The number of para-hydroxylation sites is 1. The molecule has 7 nitrogen and oxygen atoms in total. The first-order valence-corrected chi connectivity index (χ1v) is 10.9. The average Bonchev–Trinajstić information content (AvgIpc) is 2.77. The minimum atomic E-state index is -4.51. The average molecular weight is 459 g/mol. The van der Waals surface area contributed by atoms with Crippen molar-refractivity contribution in [3.63, 3.8) is 0 Å². The number of rotatable bonds is 2. The number of nitrogens with one attached hydrogen (secondary N) is 1. The molecule has 0 saturated carbocycles. The number of aromatic nitrogens is 3. The van der Waals surface area contributed by atoms with E-state index in [1.165, 1.54) is 6.07 Å². The molecule has 2 aliphatic rings. The molecule has 1 N–H and O–H groups in total. The second kappa shape index (κ2) is 8.33. The molecule has 0 unspecified atom stereocenters. The van der Waals surface area contributed by atoms with Gasteiger partial charge in [-0.1, -0.05) is 12.1 Å².